The summed E-state index contributed by atoms with van der Waals surface area (Å²) in [5.74, 6) is 0.636. The first-order valence-electron chi connectivity index (χ1n) is 7.80. The maximum Gasteiger partial charge on any atom is 0.323 e. The Labute approximate surface area is 128 Å². The van der Waals surface area contributed by atoms with Crippen molar-refractivity contribution in [2.24, 2.45) is 5.92 Å². The first-order chi connectivity index (χ1) is 10.5. The van der Waals surface area contributed by atoms with Crippen molar-refractivity contribution in [3.05, 3.63) is 28.7 Å². The van der Waals surface area contributed by atoms with Crippen LogP contribution in [-0.4, -0.2) is 39.9 Å². The lowest BCUT2D eigenvalue weighted by molar-refractivity contribution is -0.121. The highest BCUT2D eigenvalue weighted by molar-refractivity contribution is 5.96. The van der Waals surface area contributed by atoms with Gasteiger partial charge in [0.1, 0.15) is 0 Å². The Morgan fingerprint density at radius 2 is 2.14 bits per heavy atom. The molecular formula is C16H22N4O2. The predicted molar refractivity (Wildman–Crippen MR) is 87.0 cm³/mol. The number of carbonyl (C=O) groups excluding carboxylic acids is 1. The van der Waals surface area contributed by atoms with Crippen molar-refractivity contribution in [3.63, 3.8) is 0 Å². The SMILES string of the molecule is C[C@@H]1CCCN([C@@H](C)C(=O)Nc2ccc3[nH]c(=O)[nH]c3c2)C1. The first kappa shape index (κ1) is 14.8. The third kappa shape index (κ3) is 3.06. The number of fused-ring (bicyclic) bond motifs is 1. The van der Waals surface area contributed by atoms with Crippen LogP contribution in [0.4, 0.5) is 5.69 Å². The molecule has 1 aromatic carbocycles. The largest absolute Gasteiger partial charge is 0.325 e. The molecule has 3 rings (SSSR count). The van der Waals surface area contributed by atoms with Gasteiger partial charge in [-0.15, -0.1) is 0 Å². The van der Waals surface area contributed by atoms with Crippen LogP contribution in [0.2, 0.25) is 0 Å². The molecule has 6 nitrogen and oxygen atoms in total. The summed E-state index contributed by atoms with van der Waals surface area (Å²) in [4.78, 5) is 31.3. The number of aromatic amines is 2. The van der Waals surface area contributed by atoms with Crippen molar-refractivity contribution in [2.75, 3.05) is 18.4 Å². The Hall–Kier alpha value is -2.08. The Balaban J connectivity index is 1.70. The van der Waals surface area contributed by atoms with Gasteiger partial charge in [0.2, 0.25) is 5.91 Å². The second-order valence-corrected chi connectivity index (χ2v) is 6.25. The number of hydrogen-bond donors (Lipinski definition) is 3. The number of H-pyrrole nitrogens is 2. The highest BCUT2D eigenvalue weighted by atomic mass is 16.2. The third-order valence-electron chi connectivity index (χ3n) is 4.40. The lowest BCUT2D eigenvalue weighted by atomic mass is 9.99. The molecule has 22 heavy (non-hydrogen) atoms. The number of nitrogens with zero attached hydrogens (tertiary/aromatic N) is 1. The Kier molecular flexibility index (Phi) is 4.02. The number of rotatable bonds is 3. The molecule has 0 bridgehead atoms. The highest BCUT2D eigenvalue weighted by Gasteiger charge is 2.25. The van der Waals surface area contributed by atoms with Crippen molar-refractivity contribution >= 4 is 22.6 Å². The zero-order valence-corrected chi connectivity index (χ0v) is 13.0. The summed E-state index contributed by atoms with van der Waals surface area (Å²) in [5, 5.41) is 2.94. The maximum atomic E-state index is 12.4. The standard InChI is InChI=1S/C16H22N4O2/c1-10-4-3-7-20(9-10)11(2)15(21)17-12-5-6-13-14(8-12)19-16(22)18-13/h5-6,8,10-11H,3-4,7,9H2,1-2H3,(H,17,21)(H2,18,19,22)/t10-,11+/m1/s1. The summed E-state index contributed by atoms with van der Waals surface area (Å²) in [7, 11) is 0. The normalized spacial score (nSPS) is 20.9. The van der Waals surface area contributed by atoms with Crippen LogP contribution in [-0.2, 0) is 4.79 Å². The average molecular weight is 302 g/mol. The lowest BCUT2D eigenvalue weighted by Gasteiger charge is -2.34. The van der Waals surface area contributed by atoms with Crippen LogP contribution in [0.25, 0.3) is 11.0 Å². The average Bonchev–Trinajstić information content (AvgIpc) is 2.85. The van der Waals surface area contributed by atoms with E-state index in [0.29, 0.717) is 17.1 Å². The Morgan fingerprint density at radius 3 is 2.91 bits per heavy atom. The van der Waals surface area contributed by atoms with E-state index in [9.17, 15) is 9.59 Å². The van der Waals surface area contributed by atoms with Gasteiger partial charge in [-0.25, -0.2) is 4.79 Å². The molecule has 6 heteroatoms. The molecule has 0 radical (unpaired) electrons. The molecule has 0 spiro atoms. The summed E-state index contributed by atoms with van der Waals surface area (Å²) in [5.41, 5.74) is 1.89. The minimum Gasteiger partial charge on any atom is -0.325 e. The molecule has 0 saturated carbocycles. The van der Waals surface area contributed by atoms with Crippen LogP contribution < -0.4 is 11.0 Å². The van der Waals surface area contributed by atoms with Crippen LogP contribution in [0.1, 0.15) is 26.7 Å². The van der Waals surface area contributed by atoms with Crippen LogP contribution in [0, 0.1) is 5.92 Å². The van der Waals surface area contributed by atoms with Gasteiger partial charge in [0.15, 0.2) is 0 Å². The number of amides is 1. The molecular weight excluding hydrogens is 280 g/mol. The van der Waals surface area contributed by atoms with Crippen molar-refractivity contribution in [1.29, 1.82) is 0 Å². The van der Waals surface area contributed by atoms with E-state index >= 15 is 0 Å². The Morgan fingerprint density at radius 1 is 1.36 bits per heavy atom. The van der Waals surface area contributed by atoms with Gasteiger partial charge in [0.05, 0.1) is 17.1 Å². The van der Waals surface area contributed by atoms with Gasteiger partial charge in [-0.2, -0.15) is 0 Å². The Bertz CT molecular complexity index is 733. The number of piperidine rings is 1. The summed E-state index contributed by atoms with van der Waals surface area (Å²) < 4.78 is 0. The number of nitrogens with one attached hydrogen (secondary N) is 3. The summed E-state index contributed by atoms with van der Waals surface area (Å²) in [6, 6.07) is 5.21. The smallest absolute Gasteiger partial charge is 0.323 e. The maximum absolute atomic E-state index is 12.4. The molecule has 2 heterocycles. The van der Waals surface area contributed by atoms with Gasteiger partial charge in [-0.1, -0.05) is 6.92 Å². The monoisotopic (exact) mass is 302 g/mol. The third-order valence-corrected chi connectivity index (χ3v) is 4.40. The van der Waals surface area contributed by atoms with E-state index in [1.165, 1.54) is 6.42 Å². The number of imidazole rings is 1. The molecule has 118 valence electrons. The van der Waals surface area contributed by atoms with Gasteiger partial charge in [0, 0.05) is 12.2 Å². The van der Waals surface area contributed by atoms with Gasteiger partial charge in [-0.05, 0) is 50.4 Å². The molecule has 1 aromatic heterocycles. The van der Waals surface area contributed by atoms with E-state index < -0.39 is 0 Å². The number of anilines is 1. The van der Waals surface area contributed by atoms with Gasteiger partial charge >= 0.3 is 5.69 Å². The molecule has 3 N–H and O–H groups in total. The summed E-state index contributed by atoms with van der Waals surface area (Å²) in [6.45, 7) is 6.12. The summed E-state index contributed by atoms with van der Waals surface area (Å²) in [6.07, 6.45) is 2.39. The van der Waals surface area contributed by atoms with Crippen molar-refractivity contribution in [3.8, 4) is 0 Å². The number of carbonyl (C=O) groups is 1. The fraction of sp³-hybridized carbons (Fsp3) is 0.500. The van der Waals surface area contributed by atoms with Gasteiger partial charge in [-0.3, -0.25) is 9.69 Å². The molecule has 2 atom stereocenters. The molecule has 1 saturated heterocycles. The molecule has 1 aliphatic heterocycles. The van der Waals surface area contributed by atoms with E-state index in [1.807, 2.05) is 6.92 Å². The molecule has 0 aliphatic carbocycles. The summed E-state index contributed by atoms with van der Waals surface area (Å²) >= 11 is 0. The van der Waals surface area contributed by atoms with E-state index in [0.717, 1.165) is 25.0 Å². The quantitative estimate of drug-likeness (QED) is 0.810. The van der Waals surface area contributed by atoms with Crippen LogP contribution in [0.15, 0.2) is 23.0 Å². The van der Waals surface area contributed by atoms with Crippen molar-refractivity contribution in [1.82, 2.24) is 14.9 Å². The van der Waals surface area contributed by atoms with Crippen LogP contribution in [0.5, 0.6) is 0 Å². The minimum atomic E-state index is -0.242. The molecule has 0 unspecified atom stereocenters. The van der Waals surface area contributed by atoms with E-state index in [1.54, 1.807) is 18.2 Å². The topological polar surface area (TPSA) is 81.0 Å². The zero-order chi connectivity index (χ0) is 15.7. The van der Waals surface area contributed by atoms with Crippen LogP contribution >= 0.6 is 0 Å². The second-order valence-electron chi connectivity index (χ2n) is 6.25. The van der Waals surface area contributed by atoms with E-state index in [2.05, 4.69) is 27.1 Å². The minimum absolute atomic E-state index is 0.00803. The lowest BCUT2D eigenvalue weighted by Crippen LogP contribution is -2.46. The van der Waals surface area contributed by atoms with E-state index in [4.69, 9.17) is 0 Å². The number of likely N-dealkylation sites (tertiary alicyclic amines) is 1. The number of hydrogen-bond acceptors (Lipinski definition) is 3. The van der Waals surface area contributed by atoms with Crippen LogP contribution in [0.3, 0.4) is 0 Å². The zero-order valence-electron chi connectivity index (χ0n) is 13.0. The molecule has 1 aliphatic rings. The molecule has 2 aromatic rings. The molecule has 1 fully saturated rings. The highest BCUT2D eigenvalue weighted by Crippen LogP contribution is 2.19. The van der Waals surface area contributed by atoms with Gasteiger partial charge < -0.3 is 15.3 Å². The second kappa shape index (κ2) is 5.96. The first-order valence-corrected chi connectivity index (χ1v) is 7.80. The fourth-order valence-electron chi connectivity index (χ4n) is 3.10. The number of benzene rings is 1. The predicted octanol–water partition coefficient (Wildman–Crippen LogP) is 1.92. The van der Waals surface area contributed by atoms with Crippen molar-refractivity contribution < 1.29 is 4.79 Å². The fourth-order valence-corrected chi connectivity index (χ4v) is 3.10. The van der Waals surface area contributed by atoms with Crippen molar-refractivity contribution in [2.45, 2.75) is 32.7 Å². The molecule has 1 amide bonds. The van der Waals surface area contributed by atoms with Gasteiger partial charge in [0.25, 0.3) is 0 Å². The van der Waals surface area contributed by atoms with E-state index in [-0.39, 0.29) is 17.6 Å². The number of aromatic nitrogens is 2.